The van der Waals surface area contributed by atoms with Gasteiger partial charge in [-0.1, -0.05) is 53.7 Å². The zero-order valence-corrected chi connectivity index (χ0v) is 19.9. The van der Waals surface area contributed by atoms with Gasteiger partial charge in [-0.3, -0.25) is 9.89 Å². The zero-order chi connectivity index (χ0) is 23.2. The summed E-state index contributed by atoms with van der Waals surface area (Å²) in [6.45, 7) is 2.00. The minimum absolute atomic E-state index is 0.0801. The molecule has 0 spiro atoms. The number of carbonyl (C=O) groups excluding carboxylic acids is 2. The number of rotatable bonds is 8. The third-order valence-corrected chi connectivity index (χ3v) is 6.70. The Morgan fingerprint density at radius 1 is 1.12 bits per heavy atom. The minimum Gasteiger partial charge on any atom is -0.462 e. The van der Waals surface area contributed by atoms with Gasteiger partial charge in [-0.05, 0) is 42.8 Å². The van der Waals surface area contributed by atoms with Crippen molar-refractivity contribution in [3.05, 3.63) is 70.6 Å². The van der Waals surface area contributed by atoms with Gasteiger partial charge >= 0.3 is 5.97 Å². The molecule has 33 heavy (non-hydrogen) atoms. The van der Waals surface area contributed by atoms with Crippen LogP contribution < -0.4 is 5.32 Å². The number of halogens is 1. The molecule has 0 unspecified atom stereocenters. The average molecular weight is 499 g/mol. The highest BCUT2D eigenvalue weighted by molar-refractivity contribution is 7.99. The lowest BCUT2D eigenvalue weighted by Crippen LogP contribution is -2.16. The summed E-state index contributed by atoms with van der Waals surface area (Å²) in [6, 6.07) is 18.7. The van der Waals surface area contributed by atoms with Crippen LogP contribution in [-0.2, 0) is 9.53 Å². The fraction of sp³-hybridized carbons (Fsp3) is 0.130. The normalized spacial score (nSPS) is 10.7. The van der Waals surface area contributed by atoms with E-state index in [1.807, 2.05) is 42.5 Å². The lowest BCUT2D eigenvalue weighted by atomic mass is 10.2. The van der Waals surface area contributed by atoms with Gasteiger partial charge in [0.25, 0.3) is 0 Å². The molecule has 0 aliphatic heterocycles. The Balaban J connectivity index is 1.44. The molecule has 1 amide bonds. The van der Waals surface area contributed by atoms with Crippen molar-refractivity contribution in [2.24, 2.45) is 0 Å². The van der Waals surface area contributed by atoms with Crippen LogP contribution in [0, 0.1) is 0 Å². The van der Waals surface area contributed by atoms with Crippen LogP contribution in [0.5, 0.6) is 0 Å². The summed E-state index contributed by atoms with van der Waals surface area (Å²) >= 11 is 8.39. The highest BCUT2D eigenvalue weighted by Gasteiger charge is 2.20. The summed E-state index contributed by atoms with van der Waals surface area (Å²) in [4.78, 5) is 30.7. The Kier molecular flexibility index (Phi) is 7.43. The number of thiophene rings is 1. The number of anilines is 1. The van der Waals surface area contributed by atoms with Crippen molar-refractivity contribution >= 4 is 52.3 Å². The smallest absolute Gasteiger partial charge is 0.350 e. The SMILES string of the molecule is CCOC(=O)c1sc(-c2ccccc2)cc1NC(=O)CSc1n[nH]c(-c2ccc(Cl)cc2)n1. The second kappa shape index (κ2) is 10.7. The molecule has 0 saturated heterocycles. The minimum atomic E-state index is -0.464. The van der Waals surface area contributed by atoms with Crippen LogP contribution in [0.2, 0.25) is 5.02 Å². The Labute approximate surface area is 203 Å². The number of aromatic nitrogens is 3. The first-order valence-corrected chi connectivity index (χ1v) is 12.2. The van der Waals surface area contributed by atoms with Gasteiger partial charge in [0.15, 0.2) is 5.82 Å². The summed E-state index contributed by atoms with van der Waals surface area (Å²) in [5, 5.41) is 10.9. The van der Waals surface area contributed by atoms with Crippen molar-refractivity contribution in [2.75, 3.05) is 17.7 Å². The maximum Gasteiger partial charge on any atom is 0.350 e. The predicted octanol–water partition coefficient (Wildman–Crippen LogP) is 5.76. The Bertz CT molecular complexity index is 1260. The van der Waals surface area contributed by atoms with Crippen LogP contribution >= 0.6 is 34.7 Å². The summed E-state index contributed by atoms with van der Waals surface area (Å²) in [7, 11) is 0. The summed E-state index contributed by atoms with van der Waals surface area (Å²) in [6.07, 6.45) is 0. The van der Waals surface area contributed by atoms with Crippen LogP contribution in [-0.4, -0.2) is 39.4 Å². The van der Waals surface area contributed by atoms with E-state index >= 15 is 0 Å². The lowest BCUT2D eigenvalue weighted by Gasteiger charge is -2.05. The van der Waals surface area contributed by atoms with Gasteiger partial charge in [-0.25, -0.2) is 9.78 Å². The van der Waals surface area contributed by atoms with Gasteiger partial charge in [0, 0.05) is 15.5 Å². The van der Waals surface area contributed by atoms with Crippen molar-refractivity contribution in [1.82, 2.24) is 15.2 Å². The second-order valence-electron chi connectivity index (χ2n) is 6.75. The molecular formula is C23H19ClN4O3S2. The highest BCUT2D eigenvalue weighted by Crippen LogP contribution is 2.35. The number of carbonyl (C=O) groups is 2. The fourth-order valence-electron chi connectivity index (χ4n) is 2.94. The van der Waals surface area contributed by atoms with Crippen molar-refractivity contribution in [1.29, 1.82) is 0 Å². The van der Waals surface area contributed by atoms with Gasteiger partial charge in [-0.15, -0.1) is 16.4 Å². The Morgan fingerprint density at radius 2 is 1.88 bits per heavy atom. The van der Waals surface area contributed by atoms with Crippen LogP contribution in [0.4, 0.5) is 5.69 Å². The molecule has 0 atom stereocenters. The first-order valence-electron chi connectivity index (χ1n) is 10.0. The summed E-state index contributed by atoms with van der Waals surface area (Å²) < 4.78 is 5.16. The maximum absolute atomic E-state index is 12.6. The summed E-state index contributed by atoms with van der Waals surface area (Å²) in [5.74, 6) is -0.0732. The molecule has 4 rings (SSSR count). The number of amides is 1. The number of hydrogen-bond acceptors (Lipinski definition) is 7. The van der Waals surface area contributed by atoms with Crippen molar-refractivity contribution in [3.8, 4) is 21.8 Å². The van der Waals surface area contributed by atoms with Gasteiger partial charge in [0.1, 0.15) is 4.88 Å². The first-order chi connectivity index (χ1) is 16.0. The molecule has 0 aliphatic rings. The van der Waals surface area contributed by atoms with E-state index in [0.717, 1.165) is 16.0 Å². The number of thioether (sulfide) groups is 1. The fourth-order valence-corrected chi connectivity index (χ4v) is 4.68. The van der Waals surface area contributed by atoms with E-state index in [0.29, 0.717) is 26.6 Å². The van der Waals surface area contributed by atoms with Gasteiger partial charge in [0.2, 0.25) is 11.1 Å². The standard InChI is InChI=1S/C23H19ClN4O3S2/c1-2-31-22(30)20-17(12-18(33-20)14-6-4-3-5-7-14)25-19(29)13-32-23-26-21(27-28-23)15-8-10-16(24)11-9-15/h3-12H,2,13H2,1H3,(H,25,29)(H,26,27,28). The van der Waals surface area contributed by atoms with Gasteiger partial charge in [0.05, 0.1) is 18.0 Å². The van der Waals surface area contributed by atoms with E-state index in [9.17, 15) is 9.59 Å². The van der Waals surface area contributed by atoms with Crippen LogP contribution in [0.1, 0.15) is 16.6 Å². The second-order valence-corrected chi connectivity index (χ2v) is 9.18. The van der Waals surface area contributed by atoms with E-state index in [1.165, 1.54) is 23.1 Å². The highest BCUT2D eigenvalue weighted by atomic mass is 35.5. The molecule has 0 bridgehead atoms. The predicted molar refractivity (Wildman–Crippen MR) is 132 cm³/mol. The monoisotopic (exact) mass is 498 g/mol. The molecule has 2 aromatic carbocycles. The van der Waals surface area contributed by atoms with E-state index < -0.39 is 5.97 Å². The largest absolute Gasteiger partial charge is 0.462 e. The number of hydrogen-bond donors (Lipinski definition) is 2. The van der Waals surface area contributed by atoms with Gasteiger partial charge < -0.3 is 10.1 Å². The Hall–Kier alpha value is -3.14. The molecule has 4 aromatic rings. The number of H-pyrrole nitrogens is 1. The van der Waals surface area contributed by atoms with Crippen molar-refractivity contribution in [3.63, 3.8) is 0 Å². The molecule has 10 heteroatoms. The van der Waals surface area contributed by atoms with Crippen molar-refractivity contribution < 1.29 is 14.3 Å². The van der Waals surface area contributed by atoms with Crippen LogP contribution in [0.3, 0.4) is 0 Å². The lowest BCUT2D eigenvalue weighted by molar-refractivity contribution is -0.113. The Morgan fingerprint density at radius 3 is 2.61 bits per heavy atom. The van der Waals surface area contributed by atoms with E-state index in [1.54, 1.807) is 25.1 Å². The first kappa shape index (κ1) is 23.0. The maximum atomic E-state index is 12.6. The molecule has 0 fully saturated rings. The number of nitrogens with one attached hydrogen (secondary N) is 2. The van der Waals surface area contributed by atoms with Crippen molar-refractivity contribution in [2.45, 2.75) is 12.1 Å². The molecule has 2 heterocycles. The molecule has 168 valence electrons. The molecule has 7 nitrogen and oxygen atoms in total. The molecule has 0 radical (unpaired) electrons. The number of aromatic amines is 1. The molecule has 2 N–H and O–H groups in total. The third kappa shape index (κ3) is 5.81. The van der Waals surface area contributed by atoms with Crippen LogP contribution in [0.15, 0.2) is 65.8 Å². The molecular weight excluding hydrogens is 480 g/mol. The van der Waals surface area contributed by atoms with Crippen LogP contribution in [0.25, 0.3) is 21.8 Å². The van der Waals surface area contributed by atoms with E-state index in [2.05, 4.69) is 20.5 Å². The molecule has 0 saturated carbocycles. The van der Waals surface area contributed by atoms with Gasteiger partial charge in [-0.2, -0.15) is 0 Å². The third-order valence-electron chi connectivity index (χ3n) is 4.44. The summed E-state index contributed by atoms with van der Waals surface area (Å²) in [5.41, 5.74) is 2.23. The van der Waals surface area contributed by atoms with E-state index in [4.69, 9.17) is 16.3 Å². The number of benzene rings is 2. The van der Waals surface area contributed by atoms with E-state index in [-0.39, 0.29) is 18.3 Å². The zero-order valence-electron chi connectivity index (χ0n) is 17.5. The average Bonchev–Trinajstić information content (AvgIpc) is 3.46. The molecule has 0 aliphatic carbocycles. The quantitative estimate of drug-likeness (QED) is 0.237. The molecule has 2 aromatic heterocycles. The number of nitrogens with zero attached hydrogens (tertiary/aromatic N) is 2. The topological polar surface area (TPSA) is 97.0 Å². The number of esters is 1. The number of ether oxygens (including phenoxy) is 1.